The van der Waals surface area contributed by atoms with Crippen LogP contribution < -0.4 is 0 Å². The number of rotatable bonds is 4. The van der Waals surface area contributed by atoms with Crippen LogP contribution in [0.1, 0.15) is 46.5 Å². The summed E-state index contributed by atoms with van der Waals surface area (Å²) >= 11 is 0. The zero-order valence-electron chi connectivity index (χ0n) is 11.4. The van der Waals surface area contributed by atoms with Gasteiger partial charge in [0.2, 0.25) is 0 Å². The van der Waals surface area contributed by atoms with Crippen LogP contribution in [0.25, 0.3) is 0 Å². The van der Waals surface area contributed by atoms with Crippen molar-refractivity contribution in [1.82, 2.24) is 4.90 Å². The van der Waals surface area contributed by atoms with E-state index in [1.165, 1.54) is 4.90 Å². The molecule has 5 heteroatoms. The van der Waals surface area contributed by atoms with Crippen LogP contribution in [0, 0.1) is 5.41 Å². The molecule has 0 aromatic rings. The van der Waals surface area contributed by atoms with Crippen LogP contribution >= 0.6 is 0 Å². The third kappa shape index (κ3) is 3.37. The minimum atomic E-state index is -0.913. The van der Waals surface area contributed by atoms with E-state index in [1.807, 2.05) is 20.8 Å². The van der Waals surface area contributed by atoms with Crippen molar-refractivity contribution in [3.63, 3.8) is 0 Å². The van der Waals surface area contributed by atoms with Crippen LogP contribution in [-0.2, 0) is 9.53 Å². The molecule has 1 rings (SSSR count). The van der Waals surface area contributed by atoms with Crippen LogP contribution in [0.3, 0.4) is 0 Å². The molecule has 1 saturated heterocycles. The topological polar surface area (TPSA) is 66.8 Å². The number of ether oxygens (including phenoxy) is 1. The van der Waals surface area contributed by atoms with Gasteiger partial charge in [-0.3, -0.25) is 4.79 Å². The highest BCUT2D eigenvalue weighted by Gasteiger charge is 2.42. The van der Waals surface area contributed by atoms with Crippen molar-refractivity contribution in [2.75, 3.05) is 13.2 Å². The first-order valence-corrected chi connectivity index (χ1v) is 6.57. The zero-order chi connectivity index (χ0) is 13.8. The fourth-order valence-corrected chi connectivity index (χ4v) is 2.40. The molecule has 0 bridgehead atoms. The van der Waals surface area contributed by atoms with E-state index in [-0.39, 0.29) is 12.0 Å². The SMILES string of the molecule is CCCCOC(=O)C1(C)CCN(C(=O)O)C(C)C1. The van der Waals surface area contributed by atoms with Gasteiger partial charge in [-0.1, -0.05) is 13.3 Å². The number of carbonyl (C=O) groups excluding carboxylic acids is 1. The lowest BCUT2D eigenvalue weighted by atomic mass is 9.77. The highest BCUT2D eigenvalue weighted by atomic mass is 16.5. The van der Waals surface area contributed by atoms with Crippen molar-refractivity contribution < 1.29 is 19.4 Å². The van der Waals surface area contributed by atoms with Gasteiger partial charge >= 0.3 is 12.1 Å². The lowest BCUT2D eigenvalue weighted by Crippen LogP contribution is -2.50. The number of carboxylic acid groups (broad SMARTS) is 1. The van der Waals surface area contributed by atoms with E-state index in [1.54, 1.807) is 0 Å². The molecule has 1 aliphatic rings. The summed E-state index contributed by atoms with van der Waals surface area (Å²) in [5, 5.41) is 9.00. The zero-order valence-corrected chi connectivity index (χ0v) is 11.4. The Labute approximate surface area is 108 Å². The van der Waals surface area contributed by atoms with Crippen LogP contribution in [0.5, 0.6) is 0 Å². The Morgan fingerprint density at radius 3 is 2.67 bits per heavy atom. The van der Waals surface area contributed by atoms with E-state index < -0.39 is 11.5 Å². The van der Waals surface area contributed by atoms with Gasteiger partial charge < -0.3 is 14.7 Å². The minimum Gasteiger partial charge on any atom is -0.465 e. The molecule has 0 spiro atoms. The van der Waals surface area contributed by atoms with Gasteiger partial charge in [-0.25, -0.2) is 4.79 Å². The standard InChI is InChI=1S/C13H23NO4/c1-4-5-8-18-11(15)13(3)6-7-14(12(16)17)10(2)9-13/h10H,4-9H2,1-3H3,(H,16,17). The largest absolute Gasteiger partial charge is 0.465 e. The number of piperidine rings is 1. The predicted molar refractivity (Wildman–Crippen MR) is 67.4 cm³/mol. The molecule has 0 saturated carbocycles. The summed E-state index contributed by atoms with van der Waals surface area (Å²) < 4.78 is 5.26. The number of likely N-dealkylation sites (tertiary alicyclic amines) is 1. The Hall–Kier alpha value is -1.26. The van der Waals surface area contributed by atoms with Gasteiger partial charge in [-0.05, 0) is 33.1 Å². The second kappa shape index (κ2) is 6.07. The second-order valence-corrected chi connectivity index (χ2v) is 5.33. The molecular weight excluding hydrogens is 234 g/mol. The fourth-order valence-electron chi connectivity index (χ4n) is 2.40. The monoisotopic (exact) mass is 257 g/mol. The van der Waals surface area contributed by atoms with Crippen LogP contribution in [-0.4, -0.2) is 41.3 Å². The first kappa shape index (κ1) is 14.8. The number of nitrogens with zero attached hydrogens (tertiary/aromatic N) is 1. The molecule has 2 atom stereocenters. The van der Waals surface area contributed by atoms with Gasteiger partial charge in [0.1, 0.15) is 0 Å². The molecule has 0 aliphatic carbocycles. The summed E-state index contributed by atoms with van der Waals surface area (Å²) in [6.07, 6.45) is 2.02. The third-order valence-electron chi connectivity index (χ3n) is 3.65. The Morgan fingerprint density at radius 1 is 1.50 bits per heavy atom. The fraction of sp³-hybridized carbons (Fsp3) is 0.846. The van der Waals surface area contributed by atoms with Gasteiger partial charge in [0.05, 0.1) is 12.0 Å². The summed E-state index contributed by atoms with van der Waals surface area (Å²) in [4.78, 5) is 24.4. The smallest absolute Gasteiger partial charge is 0.407 e. The molecule has 1 amide bonds. The molecule has 5 nitrogen and oxygen atoms in total. The Morgan fingerprint density at radius 2 is 2.17 bits per heavy atom. The van der Waals surface area contributed by atoms with Crippen LogP contribution in [0.2, 0.25) is 0 Å². The van der Waals surface area contributed by atoms with E-state index in [0.29, 0.717) is 26.0 Å². The summed E-state index contributed by atoms with van der Waals surface area (Å²) in [6.45, 7) is 6.61. The van der Waals surface area contributed by atoms with E-state index >= 15 is 0 Å². The average molecular weight is 257 g/mol. The molecule has 1 N–H and O–H groups in total. The van der Waals surface area contributed by atoms with Crippen molar-refractivity contribution >= 4 is 12.1 Å². The van der Waals surface area contributed by atoms with E-state index in [2.05, 4.69) is 0 Å². The number of amides is 1. The number of hydrogen-bond donors (Lipinski definition) is 1. The van der Waals surface area contributed by atoms with Crippen LogP contribution in [0.15, 0.2) is 0 Å². The molecule has 1 aliphatic heterocycles. The van der Waals surface area contributed by atoms with Gasteiger partial charge in [-0.2, -0.15) is 0 Å². The van der Waals surface area contributed by atoms with Gasteiger partial charge in [0.15, 0.2) is 0 Å². The molecule has 1 heterocycles. The molecule has 0 aromatic heterocycles. The first-order valence-electron chi connectivity index (χ1n) is 6.57. The third-order valence-corrected chi connectivity index (χ3v) is 3.65. The average Bonchev–Trinajstić information content (AvgIpc) is 2.28. The highest BCUT2D eigenvalue weighted by Crippen LogP contribution is 2.35. The Balaban J connectivity index is 2.56. The number of esters is 1. The number of unbranched alkanes of at least 4 members (excludes halogenated alkanes) is 1. The summed E-state index contributed by atoms with van der Waals surface area (Å²) in [7, 11) is 0. The molecule has 2 unspecified atom stereocenters. The lowest BCUT2D eigenvalue weighted by molar-refractivity contribution is -0.158. The molecule has 104 valence electrons. The molecule has 18 heavy (non-hydrogen) atoms. The van der Waals surface area contributed by atoms with Gasteiger partial charge in [-0.15, -0.1) is 0 Å². The van der Waals surface area contributed by atoms with Crippen molar-refractivity contribution in [1.29, 1.82) is 0 Å². The second-order valence-electron chi connectivity index (χ2n) is 5.33. The molecular formula is C13H23NO4. The maximum absolute atomic E-state index is 12.0. The minimum absolute atomic E-state index is 0.139. The quantitative estimate of drug-likeness (QED) is 0.620. The van der Waals surface area contributed by atoms with Crippen LogP contribution in [0.4, 0.5) is 4.79 Å². The lowest BCUT2D eigenvalue weighted by Gasteiger charge is -2.40. The van der Waals surface area contributed by atoms with E-state index in [0.717, 1.165) is 12.8 Å². The predicted octanol–water partition coefficient (Wildman–Crippen LogP) is 2.50. The van der Waals surface area contributed by atoms with Crippen molar-refractivity contribution in [3.8, 4) is 0 Å². The number of carbonyl (C=O) groups is 2. The highest BCUT2D eigenvalue weighted by molar-refractivity contribution is 5.77. The molecule has 0 radical (unpaired) electrons. The normalized spacial score (nSPS) is 27.9. The molecule has 0 aromatic carbocycles. The Bertz CT molecular complexity index is 318. The van der Waals surface area contributed by atoms with E-state index in [4.69, 9.17) is 9.84 Å². The van der Waals surface area contributed by atoms with Crippen molar-refractivity contribution in [3.05, 3.63) is 0 Å². The van der Waals surface area contributed by atoms with Gasteiger partial charge in [0, 0.05) is 12.6 Å². The van der Waals surface area contributed by atoms with E-state index in [9.17, 15) is 9.59 Å². The maximum Gasteiger partial charge on any atom is 0.407 e. The Kier molecular flexibility index (Phi) is 4.99. The van der Waals surface area contributed by atoms with Crippen molar-refractivity contribution in [2.24, 2.45) is 5.41 Å². The molecule has 1 fully saturated rings. The summed E-state index contributed by atoms with van der Waals surface area (Å²) in [6, 6.07) is -0.139. The van der Waals surface area contributed by atoms with Gasteiger partial charge in [0.25, 0.3) is 0 Å². The first-order chi connectivity index (χ1) is 8.40. The van der Waals surface area contributed by atoms with Crippen molar-refractivity contribution in [2.45, 2.75) is 52.5 Å². The number of hydrogen-bond acceptors (Lipinski definition) is 3. The summed E-state index contributed by atoms with van der Waals surface area (Å²) in [5.74, 6) is -0.187. The summed E-state index contributed by atoms with van der Waals surface area (Å²) in [5.41, 5.74) is -0.543. The maximum atomic E-state index is 12.0.